The first kappa shape index (κ1) is 13.5. The summed E-state index contributed by atoms with van der Waals surface area (Å²) in [6.07, 6.45) is 1.66. The molecule has 2 rings (SSSR count). The van der Waals surface area contributed by atoms with E-state index in [0.717, 1.165) is 6.42 Å². The van der Waals surface area contributed by atoms with E-state index in [9.17, 15) is 14.7 Å². The molecule has 4 nitrogen and oxygen atoms in total. The van der Waals surface area contributed by atoms with Crippen molar-refractivity contribution in [2.24, 2.45) is 0 Å². The largest absolute Gasteiger partial charge is 0.507 e. The summed E-state index contributed by atoms with van der Waals surface area (Å²) in [5, 5.41) is 11.6. The minimum atomic E-state index is -0.765. The van der Waals surface area contributed by atoms with E-state index >= 15 is 0 Å². The number of thiophene rings is 1. The Morgan fingerprint density at radius 2 is 2.26 bits per heavy atom. The lowest BCUT2D eigenvalue weighted by Crippen LogP contribution is -2.14. The fourth-order valence-electron chi connectivity index (χ4n) is 1.86. The maximum Gasteiger partial charge on any atom is 0.350 e. The summed E-state index contributed by atoms with van der Waals surface area (Å²) in [4.78, 5) is 24.7. The summed E-state index contributed by atoms with van der Waals surface area (Å²) in [5.74, 6) is -0.379. The van der Waals surface area contributed by atoms with Gasteiger partial charge in [0.15, 0.2) is 5.78 Å². The van der Waals surface area contributed by atoms with Crippen LogP contribution in [0.25, 0.3) is 0 Å². The van der Waals surface area contributed by atoms with Crippen molar-refractivity contribution in [2.75, 3.05) is 0 Å². The highest BCUT2D eigenvalue weighted by atomic mass is 32.1. The third-order valence-electron chi connectivity index (χ3n) is 2.74. The molecule has 0 saturated heterocycles. The van der Waals surface area contributed by atoms with Gasteiger partial charge in [0.05, 0.1) is 0 Å². The monoisotopic (exact) mass is 278 g/mol. The van der Waals surface area contributed by atoms with E-state index in [-0.39, 0.29) is 29.3 Å². The first-order valence-electron chi connectivity index (χ1n) is 5.97. The van der Waals surface area contributed by atoms with Crippen molar-refractivity contribution in [1.29, 1.82) is 0 Å². The Hall–Kier alpha value is -1.88. The van der Waals surface area contributed by atoms with Crippen LogP contribution in [-0.4, -0.2) is 10.9 Å². The smallest absolute Gasteiger partial charge is 0.350 e. The van der Waals surface area contributed by atoms with Gasteiger partial charge < -0.3 is 9.52 Å². The number of rotatable bonds is 5. The Bertz CT molecular complexity index is 625. The van der Waals surface area contributed by atoms with E-state index in [1.165, 1.54) is 10.9 Å². The predicted octanol–water partition coefficient (Wildman–Crippen LogP) is 2.92. The molecular formula is C14H14O4S. The maximum atomic E-state index is 11.9. The van der Waals surface area contributed by atoms with Crippen LogP contribution in [0, 0.1) is 6.92 Å². The summed E-state index contributed by atoms with van der Waals surface area (Å²) in [7, 11) is 0. The van der Waals surface area contributed by atoms with Crippen LogP contribution in [0.2, 0.25) is 0 Å². The molecule has 5 heteroatoms. The van der Waals surface area contributed by atoms with E-state index in [2.05, 4.69) is 0 Å². The zero-order valence-electron chi connectivity index (χ0n) is 10.5. The Labute approximate surface area is 114 Å². The van der Waals surface area contributed by atoms with Crippen molar-refractivity contribution in [3.05, 3.63) is 50.2 Å². The second-order valence-corrected chi connectivity index (χ2v) is 5.29. The topological polar surface area (TPSA) is 67.5 Å². The normalized spacial score (nSPS) is 10.6. The number of aromatic hydroxyl groups is 1. The molecule has 0 amide bonds. The number of hydrogen-bond acceptors (Lipinski definition) is 5. The molecule has 0 fully saturated rings. The third kappa shape index (κ3) is 3.32. The van der Waals surface area contributed by atoms with Gasteiger partial charge in [-0.3, -0.25) is 4.79 Å². The molecule has 100 valence electrons. The van der Waals surface area contributed by atoms with E-state index in [0.29, 0.717) is 6.42 Å². The Morgan fingerprint density at radius 1 is 1.47 bits per heavy atom. The maximum absolute atomic E-state index is 11.9. The lowest BCUT2D eigenvalue weighted by molar-refractivity contribution is 0.0973. The van der Waals surface area contributed by atoms with Gasteiger partial charge in [0, 0.05) is 17.4 Å². The van der Waals surface area contributed by atoms with Crippen LogP contribution in [0.3, 0.4) is 0 Å². The highest BCUT2D eigenvalue weighted by Crippen LogP contribution is 2.18. The molecule has 0 saturated carbocycles. The number of aryl methyl sites for hydroxylation is 2. The van der Waals surface area contributed by atoms with Gasteiger partial charge in [-0.15, -0.1) is 11.3 Å². The molecule has 0 aliphatic rings. The zero-order valence-corrected chi connectivity index (χ0v) is 11.3. The highest BCUT2D eigenvalue weighted by Gasteiger charge is 2.17. The van der Waals surface area contributed by atoms with Crippen LogP contribution < -0.4 is 5.63 Å². The first-order chi connectivity index (χ1) is 9.08. The van der Waals surface area contributed by atoms with Gasteiger partial charge in [-0.2, -0.15) is 0 Å². The van der Waals surface area contributed by atoms with Crippen molar-refractivity contribution in [2.45, 2.75) is 26.2 Å². The fraction of sp³-hybridized carbons (Fsp3) is 0.286. The van der Waals surface area contributed by atoms with Gasteiger partial charge in [-0.05, 0) is 31.2 Å². The van der Waals surface area contributed by atoms with Gasteiger partial charge in [0.25, 0.3) is 0 Å². The first-order valence-corrected chi connectivity index (χ1v) is 6.85. The third-order valence-corrected chi connectivity index (χ3v) is 3.68. The van der Waals surface area contributed by atoms with E-state index in [1.807, 2.05) is 17.5 Å². The molecule has 2 aromatic rings. The van der Waals surface area contributed by atoms with E-state index in [1.54, 1.807) is 18.3 Å². The molecule has 2 heterocycles. The van der Waals surface area contributed by atoms with Crippen LogP contribution in [0.4, 0.5) is 0 Å². The van der Waals surface area contributed by atoms with Gasteiger partial charge in [-0.25, -0.2) is 4.79 Å². The minimum absolute atomic E-state index is 0.222. The zero-order chi connectivity index (χ0) is 13.8. The standard InChI is InChI=1S/C14H14O4S/c1-9-8-12(16)13(14(17)18-9)11(15)6-2-4-10-5-3-7-19-10/h3,5,7-8,16H,2,4,6H2,1H3. The molecular weight excluding hydrogens is 264 g/mol. The second-order valence-electron chi connectivity index (χ2n) is 4.26. The summed E-state index contributed by atoms with van der Waals surface area (Å²) in [5.41, 5.74) is -1.00. The summed E-state index contributed by atoms with van der Waals surface area (Å²) in [6, 6.07) is 5.25. The van der Waals surface area contributed by atoms with Gasteiger partial charge in [0.1, 0.15) is 17.1 Å². The van der Waals surface area contributed by atoms with Crippen molar-refractivity contribution < 1.29 is 14.3 Å². The van der Waals surface area contributed by atoms with Crippen molar-refractivity contribution in [3.63, 3.8) is 0 Å². The van der Waals surface area contributed by atoms with Gasteiger partial charge in [0.2, 0.25) is 0 Å². The Kier molecular flexibility index (Phi) is 4.16. The van der Waals surface area contributed by atoms with Crippen LogP contribution >= 0.6 is 11.3 Å². The molecule has 0 unspecified atom stereocenters. The van der Waals surface area contributed by atoms with Crippen LogP contribution in [0.15, 0.2) is 32.8 Å². The molecule has 0 aliphatic carbocycles. The van der Waals surface area contributed by atoms with Gasteiger partial charge in [-0.1, -0.05) is 6.07 Å². The molecule has 0 bridgehead atoms. The quantitative estimate of drug-likeness (QED) is 0.854. The van der Waals surface area contributed by atoms with Gasteiger partial charge >= 0.3 is 5.63 Å². The Balaban J connectivity index is 2.02. The lowest BCUT2D eigenvalue weighted by atomic mass is 10.1. The van der Waals surface area contributed by atoms with Crippen LogP contribution in [-0.2, 0) is 6.42 Å². The molecule has 0 radical (unpaired) electrons. The lowest BCUT2D eigenvalue weighted by Gasteiger charge is -2.02. The highest BCUT2D eigenvalue weighted by molar-refractivity contribution is 7.09. The predicted molar refractivity (Wildman–Crippen MR) is 73.0 cm³/mol. The van der Waals surface area contributed by atoms with Crippen LogP contribution in [0.1, 0.15) is 33.8 Å². The van der Waals surface area contributed by atoms with Crippen LogP contribution in [0.5, 0.6) is 5.75 Å². The molecule has 0 aliphatic heterocycles. The summed E-state index contributed by atoms with van der Waals surface area (Å²) in [6.45, 7) is 1.55. The summed E-state index contributed by atoms with van der Waals surface area (Å²) < 4.78 is 4.83. The number of carbonyl (C=O) groups is 1. The molecule has 2 aromatic heterocycles. The number of carbonyl (C=O) groups excluding carboxylic acids is 1. The Morgan fingerprint density at radius 3 is 2.89 bits per heavy atom. The minimum Gasteiger partial charge on any atom is -0.507 e. The number of hydrogen-bond donors (Lipinski definition) is 1. The fourth-order valence-corrected chi connectivity index (χ4v) is 2.61. The average Bonchev–Trinajstić information content (AvgIpc) is 2.80. The van der Waals surface area contributed by atoms with E-state index < -0.39 is 5.63 Å². The van der Waals surface area contributed by atoms with Crippen molar-refractivity contribution in [1.82, 2.24) is 0 Å². The molecule has 1 N–H and O–H groups in total. The van der Waals surface area contributed by atoms with Crippen molar-refractivity contribution in [3.8, 4) is 5.75 Å². The van der Waals surface area contributed by atoms with Crippen molar-refractivity contribution >= 4 is 17.1 Å². The molecule has 0 aromatic carbocycles. The summed E-state index contributed by atoms with van der Waals surface area (Å²) >= 11 is 1.64. The second kappa shape index (κ2) is 5.84. The average molecular weight is 278 g/mol. The number of ketones is 1. The van der Waals surface area contributed by atoms with E-state index in [4.69, 9.17) is 4.42 Å². The number of Topliss-reactive ketones (excluding diaryl/α,β-unsaturated/α-hetero) is 1. The molecule has 0 spiro atoms. The molecule has 0 atom stereocenters. The molecule has 19 heavy (non-hydrogen) atoms. The SMILES string of the molecule is Cc1cc(O)c(C(=O)CCCc2cccs2)c(=O)o1.